The van der Waals surface area contributed by atoms with Crippen LogP contribution in [0.25, 0.3) is 0 Å². The van der Waals surface area contributed by atoms with E-state index in [0.29, 0.717) is 19.5 Å². The second-order valence-corrected chi connectivity index (χ2v) is 5.70. The summed E-state index contributed by atoms with van der Waals surface area (Å²) < 4.78 is 24.8. The highest BCUT2D eigenvalue weighted by Gasteiger charge is 2.27. The number of rotatable bonds is 2. The van der Waals surface area contributed by atoms with Crippen molar-refractivity contribution in [1.82, 2.24) is 9.97 Å². The van der Waals surface area contributed by atoms with Crippen molar-refractivity contribution in [3.63, 3.8) is 0 Å². The summed E-state index contributed by atoms with van der Waals surface area (Å²) in [5.41, 5.74) is 6.21. The average molecular weight is 242 g/mol. The van der Waals surface area contributed by atoms with Gasteiger partial charge in [0.15, 0.2) is 0 Å². The molecule has 0 aliphatic carbocycles. The van der Waals surface area contributed by atoms with Gasteiger partial charge in [-0.25, -0.2) is 22.7 Å². The second-order valence-electron chi connectivity index (χ2n) is 3.69. The Morgan fingerprint density at radius 1 is 1.31 bits per heavy atom. The first kappa shape index (κ1) is 11.3. The molecule has 16 heavy (non-hydrogen) atoms. The van der Waals surface area contributed by atoms with Crippen LogP contribution in [-0.4, -0.2) is 30.7 Å². The summed E-state index contributed by atoms with van der Waals surface area (Å²) in [6.45, 7) is 0.817. The molecular weight excluding hydrogens is 228 g/mol. The van der Waals surface area contributed by atoms with E-state index < -0.39 is 10.0 Å². The van der Waals surface area contributed by atoms with Crippen molar-refractivity contribution in [3.05, 3.63) is 18.0 Å². The van der Waals surface area contributed by atoms with Crippen LogP contribution in [0, 0.1) is 0 Å². The van der Waals surface area contributed by atoms with Crippen molar-refractivity contribution < 1.29 is 8.42 Å². The minimum atomic E-state index is -3.22. The molecule has 1 saturated heterocycles. The van der Waals surface area contributed by atoms with E-state index in [0.717, 1.165) is 12.0 Å². The normalized spacial score (nSPS) is 19.7. The van der Waals surface area contributed by atoms with Crippen LogP contribution >= 0.6 is 0 Å². The van der Waals surface area contributed by atoms with Crippen molar-refractivity contribution in [1.29, 1.82) is 0 Å². The van der Waals surface area contributed by atoms with Gasteiger partial charge in [0.2, 0.25) is 16.0 Å². The van der Waals surface area contributed by atoms with Crippen LogP contribution in [0.3, 0.4) is 0 Å². The summed E-state index contributed by atoms with van der Waals surface area (Å²) in [5, 5.41) is 0. The molecule has 1 aromatic rings. The van der Waals surface area contributed by atoms with E-state index >= 15 is 0 Å². The molecule has 0 aromatic carbocycles. The minimum Gasteiger partial charge on any atom is -0.326 e. The minimum absolute atomic E-state index is 0.176. The Balaban J connectivity index is 2.28. The lowest BCUT2D eigenvalue weighted by molar-refractivity contribution is 0.572. The standard InChI is InChI=1S/C9H14N4O2S/c10-5-8-6-11-9(12-7-8)13-3-1-2-4-16(13,14)15/h6-7H,1-5,10H2. The number of anilines is 1. The fourth-order valence-corrected chi connectivity index (χ4v) is 3.14. The molecule has 6 nitrogen and oxygen atoms in total. The molecule has 0 amide bonds. The fraction of sp³-hybridized carbons (Fsp3) is 0.556. The summed E-state index contributed by atoms with van der Waals surface area (Å²) in [6.07, 6.45) is 4.68. The summed E-state index contributed by atoms with van der Waals surface area (Å²) in [6, 6.07) is 0. The van der Waals surface area contributed by atoms with E-state index in [4.69, 9.17) is 5.73 Å². The van der Waals surface area contributed by atoms with Crippen molar-refractivity contribution >= 4 is 16.0 Å². The van der Waals surface area contributed by atoms with E-state index in [1.165, 1.54) is 4.31 Å². The first-order valence-electron chi connectivity index (χ1n) is 5.15. The molecule has 2 rings (SSSR count). The number of aromatic nitrogens is 2. The summed E-state index contributed by atoms with van der Waals surface area (Å²) in [4.78, 5) is 8.05. The molecule has 0 spiro atoms. The molecule has 0 unspecified atom stereocenters. The summed E-state index contributed by atoms with van der Waals surface area (Å²) in [7, 11) is -3.22. The van der Waals surface area contributed by atoms with E-state index in [9.17, 15) is 8.42 Å². The number of nitrogens with zero attached hydrogens (tertiary/aromatic N) is 3. The average Bonchev–Trinajstić information content (AvgIpc) is 2.29. The SMILES string of the molecule is NCc1cnc(N2CCCCS2(=O)=O)nc1. The molecule has 2 heterocycles. The highest BCUT2D eigenvalue weighted by molar-refractivity contribution is 7.92. The van der Waals surface area contributed by atoms with E-state index in [1.807, 2.05) is 0 Å². The van der Waals surface area contributed by atoms with Gasteiger partial charge in [0.05, 0.1) is 5.75 Å². The van der Waals surface area contributed by atoms with Gasteiger partial charge in [-0.3, -0.25) is 0 Å². The van der Waals surface area contributed by atoms with E-state index in [1.54, 1.807) is 12.4 Å². The topological polar surface area (TPSA) is 89.2 Å². The fourth-order valence-electron chi connectivity index (χ4n) is 1.60. The predicted molar refractivity (Wildman–Crippen MR) is 60.3 cm³/mol. The molecule has 1 fully saturated rings. The lowest BCUT2D eigenvalue weighted by Gasteiger charge is -2.26. The maximum atomic E-state index is 11.8. The quantitative estimate of drug-likeness (QED) is 0.780. The molecule has 1 aliphatic heterocycles. The highest BCUT2D eigenvalue weighted by Crippen LogP contribution is 2.19. The number of hydrogen-bond acceptors (Lipinski definition) is 5. The van der Waals surface area contributed by atoms with Crippen LogP contribution in [0.15, 0.2) is 12.4 Å². The van der Waals surface area contributed by atoms with Gasteiger partial charge in [0.25, 0.3) is 0 Å². The van der Waals surface area contributed by atoms with Crippen LogP contribution in [0.2, 0.25) is 0 Å². The number of nitrogens with two attached hydrogens (primary N) is 1. The Labute approximate surface area is 94.6 Å². The predicted octanol–water partition coefficient (Wildman–Crippen LogP) is -0.135. The first-order valence-corrected chi connectivity index (χ1v) is 6.76. The molecule has 0 atom stereocenters. The zero-order chi connectivity index (χ0) is 11.6. The van der Waals surface area contributed by atoms with E-state index in [2.05, 4.69) is 9.97 Å². The van der Waals surface area contributed by atoms with Crippen LogP contribution in [0.5, 0.6) is 0 Å². The molecule has 0 bridgehead atoms. The van der Waals surface area contributed by atoms with Crippen molar-refractivity contribution in [3.8, 4) is 0 Å². The summed E-state index contributed by atoms with van der Waals surface area (Å²) >= 11 is 0. The summed E-state index contributed by atoms with van der Waals surface area (Å²) in [5.74, 6) is 0.423. The number of sulfonamides is 1. The molecular formula is C9H14N4O2S. The molecule has 1 aliphatic rings. The van der Waals surface area contributed by atoms with Crippen molar-refractivity contribution in [2.75, 3.05) is 16.6 Å². The number of hydrogen-bond donors (Lipinski definition) is 1. The first-order chi connectivity index (χ1) is 7.63. The van der Waals surface area contributed by atoms with Crippen molar-refractivity contribution in [2.24, 2.45) is 5.73 Å². The zero-order valence-electron chi connectivity index (χ0n) is 8.83. The molecule has 0 saturated carbocycles. The van der Waals surface area contributed by atoms with Gasteiger partial charge in [0, 0.05) is 31.0 Å². The Kier molecular flexibility index (Phi) is 3.06. The molecule has 7 heteroatoms. The van der Waals surface area contributed by atoms with Crippen LogP contribution in [0.1, 0.15) is 18.4 Å². The van der Waals surface area contributed by atoms with Crippen molar-refractivity contribution in [2.45, 2.75) is 19.4 Å². The molecule has 0 radical (unpaired) electrons. The van der Waals surface area contributed by atoms with Gasteiger partial charge < -0.3 is 5.73 Å². The van der Waals surface area contributed by atoms with Gasteiger partial charge in [0.1, 0.15) is 0 Å². The van der Waals surface area contributed by atoms with Gasteiger partial charge >= 0.3 is 0 Å². The Morgan fingerprint density at radius 2 is 2.00 bits per heavy atom. The van der Waals surface area contributed by atoms with E-state index in [-0.39, 0.29) is 11.7 Å². The second kappa shape index (κ2) is 4.34. The molecule has 2 N–H and O–H groups in total. The highest BCUT2D eigenvalue weighted by atomic mass is 32.2. The Morgan fingerprint density at radius 3 is 2.56 bits per heavy atom. The van der Waals surface area contributed by atoms with Gasteiger partial charge in [-0.2, -0.15) is 0 Å². The van der Waals surface area contributed by atoms with Crippen LogP contribution in [0.4, 0.5) is 5.95 Å². The Bertz CT molecular complexity index is 457. The molecule has 1 aromatic heterocycles. The zero-order valence-corrected chi connectivity index (χ0v) is 9.65. The third kappa shape index (κ3) is 2.14. The third-order valence-electron chi connectivity index (χ3n) is 2.50. The maximum absolute atomic E-state index is 11.8. The Hall–Kier alpha value is -1.21. The largest absolute Gasteiger partial charge is 0.326 e. The van der Waals surface area contributed by atoms with Gasteiger partial charge in [-0.05, 0) is 12.8 Å². The van der Waals surface area contributed by atoms with Gasteiger partial charge in [-0.15, -0.1) is 0 Å². The lowest BCUT2D eigenvalue weighted by Crippen LogP contribution is -2.38. The maximum Gasteiger partial charge on any atom is 0.239 e. The van der Waals surface area contributed by atoms with Crippen LogP contribution < -0.4 is 10.0 Å². The smallest absolute Gasteiger partial charge is 0.239 e. The third-order valence-corrected chi connectivity index (χ3v) is 4.32. The lowest BCUT2D eigenvalue weighted by atomic mass is 10.3. The van der Waals surface area contributed by atoms with Crippen LogP contribution in [-0.2, 0) is 16.6 Å². The monoisotopic (exact) mass is 242 g/mol. The van der Waals surface area contributed by atoms with Gasteiger partial charge in [-0.1, -0.05) is 0 Å². The molecule has 88 valence electrons.